The van der Waals surface area contributed by atoms with E-state index in [0.29, 0.717) is 4.88 Å². The molecule has 0 aliphatic carbocycles. The molecule has 1 rings (SSSR count). The SMILES string of the molecule is O=C(O)CCN(CCO)C(=O)c1cccs1. The second kappa shape index (κ2) is 6.24. The third-order valence-corrected chi connectivity index (χ3v) is 2.84. The van der Waals surface area contributed by atoms with E-state index in [1.54, 1.807) is 17.5 Å². The standard InChI is InChI=1S/C10H13NO4S/c12-6-5-11(4-3-9(13)14)10(15)8-2-1-7-16-8/h1-2,7,12H,3-6H2,(H,13,14). The minimum Gasteiger partial charge on any atom is -0.481 e. The van der Waals surface area contributed by atoms with Crippen molar-refractivity contribution in [3.63, 3.8) is 0 Å². The molecule has 2 N–H and O–H groups in total. The molecule has 0 aliphatic rings. The molecule has 0 fully saturated rings. The lowest BCUT2D eigenvalue weighted by Crippen LogP contribution is -2.34. The molecule has 0 unspecified atom stereocenters. The Labute approximate surface area is 96.9 Å². The first kappa shape index (κ1) is 12.7. The molecule has 1 heterocycles. The number of carbonyl (C=O) groups is 2. The maximum absolute atomic E-state index is 11.8. The molecule has 16 heavy (non-hydrogen) atoms. The topological polar surface area (TPSA) is 77.8 Å². The van der Waals surface area contributed by atoms with Gasteiger partial charge in [-0.25, -0.2) is 0 Å². The first-order valence-electron chi connectivity index (χ1n) is 4.80. The van der Waals surface area contributed by atoms with Crippen LogP contribution in [0.1, 0.15) is 16.1 Å². The van der Waals surface area contributed by atoms with Gasteiger partial charge >= 0.3 is 5.97 Å². The molecule has 0 saturated carbocycles. The molecule has 6 heteroatoms. The molecule has 0 aliphatic heterocycles. The van der Waals surface area contributed by atoms with Crippen LogP contribution in [0.25, 0.3) is 0 Å². The maximum Gasteiger partial charge on any atom is 0.305 e. The molecule has 1 aromatic rings. The van der Waals surface area contributed by atoms with Crippen molar-refractivity contribution in [3.8, 4) is 0 Å². The Morgan fingerprint density at radius 3 is 2.62 bits per heavy atom. The van der Waals surface area contributed by atoms with Gasteiger partial charge in [0, 0.05) is 13.1 Å². The van der Waals surface area contributed by atoms with Crippen LogP contribution < -0.4 is 0 Å². The van der Waals surface area contributed by atoms with E-state index < -0.39 is 5.97 Å². The van der Waals surface area contributed by atoms with Gasteiger partial charge in [-0.1, -0.05) is 6.07 Å². The second-order valence-corrected chi connectivity index (χ2v) is 4.08. The van der Waals surface area contributed by atoms with Gasteiger partial charge in [-0.05, 0) is 11.4 Å². The van der Waals surface area contributed by atoms with Gasteiger partial charge in [0.15, 0.2) is 0 Å². The van der Waals surface area contributed by atoms with Crippen LogP contribution in [-0.2, 0) is 4.79 Å². The highest BCUT2D eigenvalue weighted by molar-refractivity contribution is 7.12. The largest absolute Gasteiger partial charge is 0.481 e. The predicted octanol–water partition coefficient (Wildman–Crippen LogP) is 0.657. The summed E-state index contributed by atoms with van der Waals surface area (Å²) in [5, 5.41) is 19.1. The van der Waals surface area contributed by atoms with Crippen molar-refractivity contribution in [2.24, 2.45) is 0 Å². The average Bonchev–Trinajstić information content (AvgIpc) is 2.76. The van der Waals surface area contributed by atoms with Crippen molar-refractivity contribution in [1.29, 1.82) is 0 Å². The fourth-order valence-corrected chi connectivity index (χ4v) is 1.91. The Kier molecular flexibility index (Phi) is 4.94. The molecule has 0 spiro atoms. The van der Waals surface area contributed by atoms with Gasteiger partial charge in [-0.15, -0.1) is 11.3 Å². The van der Waals surface area contributed by atoms with Gasteiger partial charge in [-0.2, -0.15) is 0 Å². The summed E-state index contributed by atoms with van der Waals surface area (Å²) in [4.78, 5) is 24.2. The third-order valence-electron chi connectivity index (χ3n) is 1.98. The summed E-state index contributed by atoms with van der Waals surface area (Å²) in [7, 11) is 0. The van der Waals surface area contributed by atoms with Crippen LogP contribution in [0.2, 0.25) is 0 Å². The van der Waals surface area contributed by atoms with Crippen LogP contribution in [-0.4, -0.2) is 46.7 Å². The van der Waals surface area contributed by atoms with Crippen LogP contribution in [0.15, 0.2) is 17.5 Å². The number of hydrogen-bond acceptors (Lipinski definition) is 4. The number of aliphatic carboxylic acids is 1. The highest BCUT2D eigenvalue weighted by Gasteiger charge is 2.16. The Morgan fingerprint density at radius 2 is 2.12 bits per heavy atom. The lowest BCUT2D eigenvalue weighted by molar-refractivity contribution is -0.137. The number of rotatable bonds is 6. The molecule has 0 saturated heterocycles. The lowest BCUT2D eigenvalue weighted by Gasteiger charge is -2.19. The molecule has 5 nitrogen and oxygen atoms in total. The average molecular weight is 243 g/mol. The summed E-state index contributed by atoms with van der Waals surface area (Å²) in [6.45, 7) is 0.105. The minimum atomic E-state index is -0.957. The van der Waals surface area contributed by atoms with Gasteiger partial charge in [0.25, 0.3) is 5.91 Å². The quantitative estimate of drug-likeness (QED) is 0.769. The zero-order valence-corrected chi connectivity index (χ0v) is 9.44. The molecule has 1 aromatic heterocycles. The van der Waals surface area contributed by atoms with E-state index in [1.807, 2.05) is 0 Å². The van der Waals surface area contributed by atoms with E-state index in [4.69, 9.17) is 10.2 Å². The molecule has 88 valence electrons. The Morgan fingerprint density at radius 1 is 1.38 bits per heavy atom. The first-order chi connectivity index (χ1) is 7.65. The highest BCUT2D eigenvalue weighted by atomic mass is 32.1. The summed E-state index contributed by atoms with van der Waals surface area (Å²) in [6.07, 6.45) is -0.114. The van der Waals surface area contributed by atoms with Crippen molar-refractivity contribution >= 4 is 23.2 Å². The van der Waals surface area contributed by atoms with Crippen LogP contribution in [0, 0.1) is 0 Å². The monoisotopic (exact) mass is 243 g/mol. The Balaban J connectivity index is 2.62. The number of thiophene rings is 1. The molecule has 0 radical (unpaired) electrons. The Hall–Kier alpha value is -1.40. The van der Waals surface area contributed by atoms with E-state index in [2.05, 4.69) is 0 Å². The van der Waals surface area contributed by atoms with Crippen LogP contribution in [0.3, 0.4) is 0 Å². The zero-order chi connectivity index (χ0) is 12.0. The van der Waals surface area contributed by atoms with Gasteiger partial charge in [-0.3, -0.25) is 9.59 Å². The Bertz CT molecular complexity index is 350. The normalized spacial score (nSPS) is 10.1. The summed E-state index contributed by atoms with van der Waals surface area (Å²) < 4.78 is 0. The minimum absolute atomic E-state index is 0.114. The van der Waals surface area contributed by atoms with Gasteiger partial charge in [0.2, 0.25) is 0 Å². The van der Waals surface area contributed by atoms with E-state index >= 15 is 0 Å². The first-order valence-corrected chi connectivity index (χ1v) is 5.68. The third kappa shape index (κ3) is 3.63. The summed E-state index contributed by atoms with van der Waals surface area (Å²) in [5.41, 5.74) is 0. The molecular weight excluding hydrogens is 230 g/mol. The van der Waals surface area contributed by atoms with Crippen molar-refractivity contribution in [2.45, 2.75) is 6.42 Å². The number of amides is 1. The number of carbonyl (C=O) groups excluding carboxylic acids is 1. The van der Waals surface area contributed by atoms with Crippen LogP contribution in [0.4, 0.5) is 0 Å². The number of aliphatic hydroxyl groups is 1. The molecule has 0 aromatic carbocycles. The zero-order valence-electron chi connectivity index (χ0n) is 8.63. The van der Waals surface area contributed by atoms with Crippen LogP contribution in [0.5, 0.6) is 0 Å². The fourth-order valence-electron chi connectivity index (χ4n) is 1.22. The van der Waals surface area contributed by atoms with E-state index in [9.17, 15) is 9.59 Å². The van der Waals surface area contributed by atoms with Crippen LogP contribution >= 0.6 is 11.3 Å². The van der Waals surface area contributed by atoms with E-state index in [0.717, 1.165) is 0 Å². The fraction of sp³-hybridized carbons (Fsp3) is 0.400. The molecular formula is C10H13NO4S. The van der Waals surface area contributed by atoms with Crippen molar-refractivity contribution in [1.82, 2.24) is 4.90 Å². The molecule has 0 atom stereocenters. The smallest absolute Gasteiger partial charge is 0.305 e. The van der Waals surface area contributed by atoms with Gasteiger partial charge < -0.3 is 15.1 Å². The summed E-state index contributed by atoms with van der Waals surface area (Å²) in [5.74, 6) is -1.19. The van der Waals surface area contributed by atoms with Crippen molar-refractivity contribution in [3.05, 3.63) is 22.4 Å². The second-order valence-electron chi connectivity index (χ2n) is 3.14. The highest BCUT2D eigenvalue weighted by Crippen LogP contribution is 2.12. The van der Waals surface area contributed by atoms with E-state index in [1.165, 1.54) is 16.2 Å². The molecule has 1 amide bonds. The number of aliphatic hydroxyl groups excluding tert-OH is 1. The number of hydrogen-bond donors (Lipinski definition) is 2. The van der Waals surface area contributed by atoms with Gasteiger partial charge in [0.1, 0.15) is 0 Å². The predicted molar refractivity (Wildman–Crippen MR) is 59.6 cm³/mol. The molecule has 0 bridgehead atoms. The van der Waals surface area contributed by atoms with Crippen molar-refractivity contribution in [2.75, 3.05) is 19.7 Å². The maximum atomic E-state index is 11.8. The lowest BCUT2D eigenvalue weighted by atomic mass is 10.3. The van der Waals surface area contributed by atoms with Crippen molar-refractivity contribution < 1.29 is 19.8 Å². The number of carboxylic acid groups (broad SMARTS) is 1. The summed E-state index contributed by atoms with van der Waals surface area (Å²) >= 11 is 1.30. The van der Waals surface area contributed by atoms with Gasteiger partial charge in [0.05, 0.1) is 17.9 Å². The van der Waals surface area contributed by atoms with E-state index in [-0.39, 0.29) is 32.0 Å². The summed E-state index contributed by atoms with van der Waals surface area (Å²) in [6, 6.07) is 3.43. The number of nitrogens with zero attached hydrogens (tertiary/aromatic N) is 1. The number of carboxylic acids is 1.